The molecule has 28 heavy (non-hydrogen) atoms. The maximum Gasteiger partial charge on any atom is 0.417 e. The quantitative estimate of drug-likeness (QED) is 0.831. The van der Waals surface area contributed by atoms with Crippen LogP contribution in [0, 0.1) is 0 Å². The van der Waals surface area contributed by atoms with Crippen LogP contribution in [0.5, 0.6) is 0 Å². The molecule has 1 N–H and O–H groups in total. The highest BCUT2D eigenvalue weighted by Crippen LogP contribution is 2.34. The van der Waals surface area contributed by atoms with Crippen molar-refractivity contribution in [1.82, 2.24) is 15.1 Å². The molecule has 11 heteroatoms. The number of carboxylic acids is 1. The van der Waals surface area contributed by atoms with Gasteiger partial charge in [-0.1, -0.05) is 11.6 Å². The Morgan fingerprint density at radius 2 is 1.71 bits per heavy atom. The zero-order valence-corrected chi connectivity index (χ0v) is 15.0. The van der Waals surface area contributed by atoms with E-state index in [1.54, 1.807) is 4.90 Å². The van der Waals surface area contributed by atoms with E-state index in [0.29, 0.717) is 18.9 Å². The molecular formula is C17H14ClF3N4O3. The number of anilines is 1. The predicted molar refractivity (Wildman–Crippen MR) is 93.6 cm³/mol. The van der Waals surface area contributed by atoms with E-state index in [2.05, 4.69) is 10.2 Å². The summed E-state index contributed by atoms with van der Waals surface area (Å²) in [6.45, 7) is 0.972. The van der Waals surface area contributed by atoms with Crippen LogP contribution in [0.25, 0.3) is 0 Å². The third-order valence-electron chi connectivity index (χ3n) is 4.28. The highest BCUT2D eigenvalue weighted by atomic mass is 35.5. The van der Waals surface area contributed by atoms with Gasteiger partial charge >= 0.3 is 12.1 Å². The Labute approximate surface area is 162 Å². The Bertz CT molecular complexity index is 898. The number of carboxylic acid groups (broad SMARTS) is 1. The molecule has 0 atom stereocenters. The van der Waals surface area contributed by atoms with Gasteiger partial charge in [0.15, 0.2) is 11.5 Å². The van der Waals surface area contributed by atoms with Gasteiger partial charge in [0.1, 0.15) is 0 Å². The van der Waals surface area contributed by atoms with E-state index in [1.807, 2.05) is 0 Å². The van der Waals surface area contributed by atoms with E-state index in [4.69, 9.17) is 16.7 Å². The smallest absolute Gasteiger partial charge is 0.417 e. The molecule has 1 saturated heterocycles. The number of carbonyl (C=O) groups excluding carboxylic acids is 1. The van der Waals surface area contributed by atoms with Crippen LogP contribution in [0.1, 0.15) is 26.4 Å². The van der Waals surface area contributed by atoms with Crippen molar-refractivity contribution >= 4 is 29.3 Å². The lowest BCUT2D eigenvalue weighted by molar-refractivity contribution is -0.138. The fourth-order valence-electron chi connectivity index (χ4n) is 2.86. The number of piperazine rings is 1. The molecule has 0 unspecified atom stereocenters. The molecule has 1 amide bonds. The SMILES string of the molecule is O=C(O)c1ccc(N2CCN(C(=O)c3cc(Cl)ccc3C(F)(F)F)CC2)nn1. The number of rotatable bonds is 3. The molecule has 1 fully saturated rings. The van der Waals surface area contributed by atoms with E-state index in [9.17, 15) is 22.8 Å². The summed E-state index contributed by atoms with van der Waals surface area (Å²) in [6.07, 6.45) is -4.67. The van der Waals surface area contributed by atoms with Crippen molar-refractivity contribution in [2.75, 3.05) is 31.1 Å². The molecule has 1 aromatic heterocycles. The molecule has 148 valence electrons. The minimum absolute atomic E-state index is 0.0452. The third kappa shape index (κ3) is 4.16. The Balaban J connectivity index is 1.72. The van der Waals surface area contributed by atoms with Gasteiger partial charge < -0.3 is 14.9 Å². The van der Waals surface area contributed by atoms with E-state index >= 15 is 0 Å². The lowest BCUT2D eigenvalue weighted by Gasteiger charge is -2.35. The van der Waals surface area contributed by atoms with Crippen molar-refractivity contribution in [3.8, 4) is 0 Å². The highest BCUT2D eigenvalue weighted by molar-refractivity contribution is 6.31. The summed E-state index contributed by atoms with van der Waals surface area (Å²) < 4.78 is 39.6. The topological polar surface area (TPSA) is 86.6 Å². The first kappa shape index (κ1) is 19.9. The van der Waals surface area contributed by atoms with Gasteiger partial charge in [0.2, 0.25) is 0 Å². The largest absolute Gasteiger partial charge is 0.476 e. The monoisotopic (exact) mass is 414 g/mol. The maximum atomic E-state index is 13.2. The van der Waals surface area contributed by atoms with Gasteiger partial charge in [-0.2, -0.15) is 13.2 Å². The van der Waals surface area contributed by atoms with Gasteiger partial charge in [-0.15, -0.1) is 10.2 Å². The summed E-state index contributed by atoms with van der Waals surface area (Å²) in [7, 11) is 0. The first-order valence-electron chi connectivity index (χ1n) is 8.15. The first-order chi connectivity index (χ1) is 13.2. The van der Waals surface area contributed by atoms with Crippen LogP contribution in [-0.4, -0.2) is 58.3 Å². The average Bonchev–Trinajstić information content (AvgIpc) is 2.66. The number of alkyl halides is 3. The summed E-state index contributed by atoms with van der Waals surface area (Å²) >= 11 is 5.78. The van der Waals surface area contributed by atoms with E-state index in [0.717, 1.165) is 18.2 Å². The first-order valence-corrected chi connectivity index (χ1v) is 8.52. The maximum absolute atomic E-state index is 13.2. The molecule has 7 nitrogen and oxygen atoms in total. The van der Waals surface area contributed by atoms with E-state index in [1.165, 1.54) is 17.0 Å². The number of hydrogen-bond acceptors (Lipinski definition) is 5. The number of aromatic carboxylic acids is 1. The standard InChI is InChI=1S/C17H14ClF3N4O3/c18-10-1-2-12(17(19,20)21)11(9-10)15(26)25-7-5-24(6-8-25)14-4-3-13(16(27)28)22-23-14/h1-4,9H,5-8H2,(H,27,28). The van der Waals surface area contributed by atoms with E-state index < -0.39 is 29.2 Å². The van der Waals surface area contributed by atoms with Crippen LogP contribution < -0.4 is 4.90 Å². The second kappa shape index (κ2) is 7.63. The zero-order valence-electron chi connectivity index (χ0n) is 14.3. The number of halogens is 4. The summed E-state index contributed by atoms with van der Waals surface area (Å²) in [5.41, 5.74) is -1.71. The van der Waals surface area contributed by atoms with Crippen molar-refractivity contribution in [3.63, 3.8) is 0 Å². The molecule has 0 radical (unpaired) electrons. The molecule has 2 heterocycles. The molecule has 0 spiro atoms. The third-order valence-corrected chi connectivity index (χ3v) is 4.51. The minimum Gasteiger partial charge on any atom is -0.476 e. The molecule has 1 aliphatic heterocycles. The number of benzene rings is 1. The zero-order chi connectivity index (χ0) is 20.5. The van der Waals surface area contributed by atoms with Gasteiger partial charge in [0, 0.05) is 31.2 Å². The lowest BCUT2D eigenvalue weighted by atomic mass is 10.1. The summed E-state index contributed by atoms with van der Waals surface area (Å²) in [6, 6.07) is 5.72. The molecule has 1 aromatic carbocycles. The van der Waals surface area contributed by atoms with Crippen LogP contribution in [0.2, 0.25) is 5.02 Å². The number of aromatic nitrogens is 2. The summed E-state index contributed by atoms with van der Waals surface area (Å²) in [5.74, 6) is -1.52. The Kier molecular flexibility index (Phi) is 5.41. The number of carbonyl (C=O) groups is 2. The van der Waals surface area contributed by atoms with Crippen molar-refractivity contribution < 1.29 is 27.9 Å². The van der Waals surface area contributed by atoms with Crippen LogP contribution in [-0.2, 0) is 6.18 Å². The minimum atomic E-state index is -4.67. The van der Waals surface area contributed by atoms with Crippen LogP contribution in [0.15, 0.2) is 30.3 Å². The second-order valence-electron chi connectivity index (χ2n) is 6.05. The van der Waals surface area contributed by atoms with Crippen molar-refractivity contribution in [2.24, 2.45) is 0 Å². The molecular weight excluding hydrogens is 401 g/mol. The molecule has 0 aliphatic carbocycles. The number of nitrogens with zero attached hydrogens (tertiary/aromatic N) is 4. The summed E-state index contributed by atoms with van der Waals surface area (Å²) in [4.78, 5) is 26.5. The molecule has 1 aliphatic rings. The highest BCUT2D eigenvalue weighted by Gasteiger charge is 2.37. The normalized spacial score (nSPS) is 14.9. The molecule has 3 rings (SSSR count). The van der Waals surface area contributed by atoms with Crippen LogP contribution in [0.3, 0.4) is 0 Å². The Hall–Kier alpha value is -2.88. The van der Waals surface area contributed by atoms with Crippen LogP contribution >= 0.6 is 11.6 Å². The number of amides is 1. The van der Waals surface area contributed by atoms with Gasteiger partial charge in [0.05, 0.1) is 11.1 Å². The fraction of sp³-hybridized carbons (Fsp3) is 0.294. The van der Waals surface area contributed by atoms with Gasteiger partial charge in [-0.05, 0) is 30.3 Å². The Morgan fingerprint density at radius 1 is 1.04 bits per heavy atom. The van der Waals surface area contributed by atoms with Crippen molar-refractivity contribution in [3.05, 3.63) is 52.2 Å². The second-order valence-corrected chi connectivity index (χ2v) is 6.49. The summed E-state index contributed by atoms with van der Waals surface area (Å²) in [5, 5.41) is 16.3. The lowest BCUT2D eigenvalue weighted by Crippen LogP contribution is -2.49. The molecule has 2 aromatic rings. The molecule has 0 bridgehead atoms. The van der Waals surface area contributed by atoms with Gasteiger partial charge in [0.25, 0.3) is 5.91 Å². The average molecular weight is 415 g/mol. The predicted octanol–water partition coefficient (Wildman–Crippen LogP) is 2.81. The fourth-order valence-corrected chi connectivity index (χ4v) is 3.03. The van der Waals surface area contributed by atoms with E-state index in [-0.39, 0.29) is 23.8 Å². The molecule has 0 saturated carbocycles. The van der Waals surface area contributed by atoms with Gasteiger partial charge in [-0.25, -0.2) is 4.79 Å². The van der Waals surface area contributed by atoms with Crippen LogP contribution in [0.4, 0.5) is 19.0 Å². The number of hydrogen-bond donors (Lipinski definition) is 1. The van der Waals surface area contributed by atoms with Crippen molar-refractivity contribution in [1.29, 1.82) is 0 Å². The van der Waals surface area contributed by atoms with Crippen molar-refractivity contribution in [2.45, 2.75) is 6.18 Å². The Morgan fingerprint density at radius 3 is 2.25 bits per heavy atom. The van der Waals surface area contributed by atoms with Gasteiger partial charge in [-0.3, -0.25) is 4.79 Å².